The van der Waals surface area contributed by atoms with Crippen LogP contribution in [0.5, 0.6) is 0 Å². The maximum Gasteiger partial charge on any atom is 0.183 e. The van der Waals surface area contributed by atoms with Crippen molar-refractivity contribution >= 4 is 5.69 Å². The Hall–Kier alpha value is -1.10. The molecule has 0 amide bonds. The Morgan fingerprint density at radius 1 is 1.18 bits per heavy atom. The van der Waals surface area contributed by atoms with E-state index < -0.39 is 0 Å². The van der Waals surface area contributed by atoms with Crippen molar-refractivity contribution in [2.24, 2.45) is 5.73 Å². The predicted molar refractivity (Wildman–Crippen MR) is 70.1 cm³/mol. The van der Waals surface area contributed by atoms with Crippen LogP contribution < -0.4 is 10.6 Å². The van der Waals surface area contributed by atoms with Crippen LogP contribution >= 0.6 is 0 Å². The molecule has 0 saturated heterocycles. The summed E-state index contributed by atoms with van der Waals surface area (Å²) in [6.07, 6.45) is -0.298. The van der Waals surface area contributed by atoms with Crippen molar-refractivity contribution in [1.29, 1.82) is 0 Å². The van der Waals surface area contributed by atoms with Gasteiger partial charge in [-0.25, -0.2) is 0 Å². The number of nitrogens with zero attached hydrogens (tertiary/aromatic N) is 1. The van der Waals surface area contributed by atoms with Crippen LogP contribution in [0.2, 0.25) is 0 Å². The lowest BCUT2D eigenvalue weighted by Gasteiger charge is -2.23. The van der Waals surface area contributed by atoms with Gasteiger partial charge in [0.05, 0.1) is 0 Å². The molecular formula is C13H22N2O2. The summed E-state index contributed by atoms with van der Waals surface area (Å²) in [7, 11) is 3.27. The number of methoxy groups -OCH3 is 2. The van der Waals surface area contributed by atoms with Gasteiger partial charge in [-0.3, -0.25) is 0 Å². The Morgan fingerprint density at radius 2 is 1.76 bits per heavy atom. The molecule has 0 aromatic heterocycles. The minimum absolute atomic E-state index is 0.298. The topological polar surface area (TPSA) is 47.7 Å². The van der Waals surface area contributed by atoms with Gasteiger partial charge in [-0.2, -0.15) is 0 Å². The molecule has 0 aliphatic rings. The first kappa shape index (κ1) is 14.0. The van der Waals surface area contributed by atoms with E-state index in [9.17, 15) is 0 Å². The van der Waals surface area contributed by atoms with Crippen LogP contribution in [-0.4, -0.2) is 33.9 Å². The van der Waals surface area contributed by atoms with Crippen LogP contribution in [0.25, 0.3) is 0 Å². The lowest BCUT2D eigenvalue weighted by molar-refractivity contribution is -0.106. The van der Waals surface area contributed by atoms with Crippen LogP contribution in [0.15, 0.2) is 24.3 Å². The summed E-state index contributed by atoms with van der Waals surface area (Å²) in [4.78, 5) is 2.23. The SMILES string of the molecule is CCN(CCN)c1ccc(C(OC)OC)cc1. The van der Waals surface area contributed by atoms with Crippen molar-refractivity contribution in [3.63, 3.8) is 0 Å². The second-order valence-electron chi connectivity index (χ2n) is 3.76. The number of hydrogen-bond acceptors (Lipinski definition) is 4. The third-order valence-corrected chi connectivity index (χ3v) is 2.74. The maximum atomic E-state index is 5.58. The Kier molecular flexibility index (Phi) is 5.97. The second-order valence-corrected chi connectivity index (χ2v) is 3.76. The van der Waals surface area contributed by atoms with Gasteiger partial charge in [-0.1, -0.05) is 12.1 Å². The summed E-state index contributed by atoms with van der Waals surface area (Å²) in [6.45, 7) is 4.60. The smallest absolute Gasteiger partial charge is 0.183 e. The molecule has 0 heterocycles. The fourth-order valence-electron chi connectivity index (χ4n) is 1.84. The fourth-order valence-corrected chi connectivity index (χ4v) is 1.84. The minimum atomic E-state index is -0.298. The van der Waals surface area contributed by atoms with Gasteiger partial charge in [-0.05, 0) is 19.1 Å². The van der Waals surface area contributed by atoms with Gasteiger partial charge in [0, 0.05) is 45.1 Å². The summed E-state index contributed by atoms with van der Waals surface area (Å²) < 4.78 is 10.4. The molecule has 0 aliphatic carbocycles. The quantitative estimate of drug-likeness (QED) is 0.735. The number of benzene rings is 1. The van der Waals surface area contributed by atoms with E-state index in [2.05, 4.69) is 24.0 Å². The van der Waals surface area contributed by atoms with E-state index in [4.69, 9.17) is 15.2 Å². The molecule has 1 aromatic rings. The monoisotopic (exact) mass is 238 g/mol. The zero-order chi connectivity index (χ0) is 12.7. The lowest BCUT2D eigenvalue weighted by Crippen LogP contribution is -2.28. The molecule has 0 bridgehead atoms. The molecule has 96 valence electrons. The zero-order valence-corrected chi connectivity index (χ0v) is 10.8. The van der Waals surface area contributed by atoms with E-state index in [0.717, 1.165) is 18.7 Å². The van der Waals surface area contributed by atoms with E-state index in [1.165, 1.54) is 5.69 Å². The van der Waals surface area contributed by atoms with Gasteiger partial charge in [-0.15, -0.1) is 0 Å². The third kappa shape index (κ3) is 3.70. The summed E-state index contributed by atoms with van der Waals surface area (Å²) in [5.74, 6) is 0. The van der Waals surface area contributed by atoms with E-state index in [1.54, 1.807) is 14.2 Å². The molecule has 1 aromatic carbocycles. The number of anilines is 1. The van der Waals surface area contributed by atoms with Crippen molar-refractivity contribution in [1.82, 2.24) is 0 Å². The van der Waals surface area contributed by atoms with Crippen molar-refractivity contribution in [3.05, 3.63) is 29.8 Å². The highest BCUT2D eigenvalue weighted by Crippen LogP contribution is 2.21. The normalized spacial score (nSPS) is 10.9. The maximum absolute atomic E-state index is 5.58. The Bertz CT molecular complexity index is 310. The zero-order valence-electron chi connectivity index (χ0n) is 10.8. The third-order valence-electron chi connectivity index (χ3n) is 2.74. The van der Waals surface area contributed by atoms with Crippen molar-refractivity contribution in [2.45, 2.75) is 13.2 Å². The summed E-state index contributed by atoms with van der Waals surface area (Å²) >= 11 is 0. The number of likely N-dealkylation sites (N-methyl/N-ethyl adjacent to an activating group) is 1. The van der Waals surface area contributed by atoms with Crippen LogP contribution in [0, 0.1) is 0 Å². The molecule has 0 fully saturated rings. The van der Waals surface area contributed by atoms with E-state index >= 15 is 0 Å². The van der Waals surface area contributed by atoms with Gasteiger partial charge < -0.3 is 20.1 Å². The second kappa shape index (κ2) is 7.27. The highest BCUT2D eigenvalue weighted by atomic mass is 16.7. The van der Waals surface area contributed by atoms with Crippen LogP contribution in [0.3, 0.4) is 0 Å². The van der Waals surface area contributed by atoms with Crippen molar-refractivity contribution < 1.29 is 9.47 Å². The first-order chi connectivity index (χ1) is 8.26. The van der Waals surface area contributed by atoms with Crippen LogP contribution in [0.4, 0.5) is 5.69 Å². The first-order valence-corrected chi connectivity index (χ1v) is 5.87. The van der Waals surface area contributed by atoms with Gasteiger partial charge in [0.25, 0.3) is 0 Å². The molecule has 0 spiro atoms. The highest BCUT2D eigenvalue weighted by molar-refractivity contribution is 5.47. The Labute approximate surface area is 103 Å². The molecule has 0 saturated carbocycles. The van der Waals surface area contributed by atoms with Crippen molar-refractivity contribution in [2.75, 3.05) is 38.8 Å². The fraction of sp³-hybridized carbons (Fsp3) is 0.538. The molecule has 4 heteroatoms. The number of nitrogens with two attached hydrogens (primary N) is 1. The van der Waals surface area contributed by atoms with Gasteiger partial charge in [0.1, 0.15) is 0 Å². The average Bonchev–Trinajstić information content (AvgIpc) is 2.38. The molecular weight excluding hydrogens is 216 g/mol. The van der Waals surface area contributed by atoms with Gasteiger partial charge in [0.15, 0.2) is 6.29 Å². The van der Waals surface area contributed by atoms with Crippen LogP contribution in [-0.2, 0) is 9.47 Å². The molecule has 1 rings (SSSR count). The average molecular weight is 238 g/mol. The lowest BCUT2D eigenvalue weighted by atomic mass is 10.2. The number of ether oxygens (including phenoxy) is 2. The summed E-state index contributed by atoms with van der Waals surface area (Å²) in [6, 6.07) is 8.18. The van der Waals surface area contributed by atoms with Crippen LogP contribution in [0.1, 0.15) is 18.8 Å². The molecule has 17 heavy (non-hydrogen) atoms. The van der Waals surface area contributed by atoms with Gasteiger partial charge >= 0.3 is 0 Å². The van der Waals surface area contributed by atoms with E-state index in [1.807, 2.05) is 12.1 Å². The Balaban J connectivity index is 2.78. The minimum Gasteiger partial charge on any atom is -0.371 e. The Morgan fingerprint density at radius 3 is 2.18 bits per heavy atom. The highest BCUT2D eigenvalue weighted by Gasteiger charge is 2.09. The van der Waals surface area contributed by atoms with E-state index in [0.29, 0.717) is 6.54 Å². The molecule has 0 radical (unpaired) electrons. The number of rotatable bonds is 7. The van der Waals surface area contributed by atoms with E-state index in [-0.39, 0.29) is 6.29 Å². The molecule has 0 atom stereocenters. The standard InChI is InChI=1S/C13H22N2O2/c1-4-15(10-9-14)12-7-5-11(6-8-12)13(16-2)17-3/h5-8,13H,4,9-10,14H2,1-3H3. The largest absolute Gasteiger partial charge is 0.371 e. The molecule has 0 unspecified atom stereocenters. The summed E-state index contributed by atoms with van der Waals surface area (Å²) in [5, 5.41) is 0. The molecule has 2 N–H and O–H groups in total. The number of hydrogen-bond donors (Lipinski definition) is 1. The van der Waals surface area contributed by atoms with Crippen molar-refractivity contribution in [3.8, 4) is 0 Å². The van der Waals surface area contributed by atoms with Gasteiger partial charge in [0.2, 0.25) is 0 Å². The summed E-state index contributed by atoms with van der Waals surface area (Å²) in [5.41, 5.74) is 7.77. The predicted octanol–water partition coefficient (Wildman–Crippen LogP) is 1.76. The molecule has 0 aliphatic heterocycles. The first-order valence-electron chi connectivity index (χ1n) is 5.87. The molecule has 4 nitrogen and oxygen atoms in total.